The monoisotopic (exact) mass is 298 g/mol. The van der Waals surface area contributed by atoms with E-state index < -0.39 is 35.6 Å². The van der Waals surface area contributed by atoms with E-state index in [4.69, 9.17) is 9.84 Å². The van der Waals surface area contributed by atoms with Crippen LogP contribution in [0.5, 0.6) is 5.75 Å². The van der Waals surface area contributed by atoms with Gasteiger partial charge in [-0.2, -0.15) is 0 Å². The van der Waals surface area contributed by atoms with E-state index in [1.807, 2.05) is 0 Å². The molecule has 0 aliphatic rings. The van der Waals surface area contributed by atoms with Crippen molar-refractivity contribution in [3.63, 3.8) is 0 Å². The largest absolute Gasteiger partial charge is 0.479 e. The second-order valence-electron chi connectivity index (χ2n) is 4.37. The zero-order valence-electron chi connectivity index (χ0n) is 11.1. The van der Waals surface area contributed by atoms with Crippen molar-refractivity contribution in [1.82, 2.24) is 5.32 Å². The highest BCUT2D eigenvalue weighted by atomic mass is 16.6. The van der Waals surface area contributed by atoms with Crippen LogP contribution in [0.25, 0.3) is 0 Å². The molecule has 114 valence electrons. The van der Waals surface area contributed by atoms with Gasteiger partial charge in [0.2, 0.25) is 0 Å². The number of rotatable bonds is 7. The Morgan fingerprint density at radius 3 is 2.62 bits per heavy atom. The van der Waals surface area contributed by atoms with Crippen molar-refractivity contribution < 1.29 is 29.5 Å². The fourth-order valence-corrected chi connectivity index (χ4v) is 1.27. The van der Waals surface area contributed by atoms with Gasteiger partial charge in [-0.05, 0) is 13.0 Å². The van der Waals surface area contributed by atoms with E-state index in [1.54, 1.807) is 0 Å². The number of amides is 1. The first-order valence-corrected chi connectivity index (χ1v) is 5.83. The molecule has 1 amide bonds. The van der Waals surface area contributed by atoms with E-state index in [9.17, 15) is 24.8 Å². The molecule has 0 saturated carbocycles. The SMILES string of the molecule is CC(O)(CNC(=O)COc1ccccc1[N+](=O)[O-])C(=O)O. The van der Waals surface area contributed by atoms with Gasteiger partial charge in [-0.1, -0.05) is 12.1 Å². The van der Waals surface area contributed by atoms with Gasteiger partial charge in [0, 0.05) is 6.07 Å². The van der Waals surface area contributed by atoms with E-state index in [0.717, 1.165) is 6.92 Å². The minimum Gasteiger partial charge on any atom is -0.479 e. The summed E-state index contributed by atoms with van der Waals surface area (Å²) in [6.45, 7) is -0.0273. The summed E-state index contributed by atoms with van der Waals surface area (Å²) in [5, 5.41) is 30.9. The fraction of sp³-hybridized carbons (Fsp3) is 0.333. The molecule has 9 nitrogen and oxygen atoms in total. The molecule has 1 aromatic carbocycles. The summed E-state index contributed by atoms with van der Waals surface area (Å²) >= 11 is 0. The van der Waals surface area contributed by atoms with Crippen LogP contribution in [-0.4, -0.2) is 45.8 Å². The van der Waals surface area contributed by atoms with Crippen LogP contribution in [0.15, 0.2) is 24.3 Å². The summed E-state index contributed by atoms with van der Waals surface area (Å²) in [7, 11) is 0. The third-order valence-electron chi connectivity index (χ3n) is 2.51. The normalized spacial score (nSPS) is 13.0. The van der Waals surface area contributed by atoms with E-state index in [0.29, 0.717) is 0 Å². The average Bonchev–Trinajstić information content (AvgIpc) is 2.43. The summed E-state index contributed by atoms with van der Waals surface area (Å²) in [5.41, 5.74) is -2.39. The van der Waals surface area contributed by atoms with Crippen LogP contribution in [0, 0.1) is 10.1 Å². The summed E-state index contributed by atoms with van der Waals surface area (Å²) < 4.78 is 5.00. The third-order valence-corrected chi connectivity index (χ3v) is 2.51. The second kappa shape index (κ2) is 6.66. The predicted octanol–water partition coefficient (Wildman–Crippen LogP) is -0.0746. The molecule has 3 N–H and O–H groups in total. The standard InChI is InChI=1S/C12H14N2O7/c1-12(18,11(16)17)7-13-10(15)6-21-9-5-3-2-4-8(9)14(19)20/h2-5,18H,6-7H2,1H3,(H,13,15)(H,16,17). The van der Waals surface area contributed by atoms with Gasteiger partial charge in [-0.25, -0.2) is 4.79 Å². The number of carboxylic acids is 1. The fourth-order valence-electron chi connectivity index (χ4n) is 1.27. The van der Waals surface area contributed by atoms with Crippen molar-refractivity contribution in [1.29, 1.82) is 0 Å². The van der Waals surface area contributed by atoms with Crippen LogP contribution >= 0.6 is 0 Å². The number of nitro benzene ring substituents is 1. The number of aliphatic carboxylic acids is 1. The van der Waals surface area contributed by atoms with E-state index in [1.165, 1.54) is 24.3 Å². The molecule has 21 heavy (non-hydrogen) atoms. The molecular formula is C12H14N2O7. The van der Waals surface area contributed by atoms with E-state index in [-0.39, 0.29) is 11.4 Å². The molecule has 0 spiro atoms. The molecule has 0 aliphatic heterocycles. The lowest BCUT2D eigenvalue weighted by molar-refractivity contribution is -0.385. The number of nitrogens with zero attached hydrogens (tertiary/aromatic N) is 1. The van der Waals surface area contributed by atoms with E-state index in [2.05, 4.69) is 5.32 Å². The van der Waals surface area contributed by atoms with E-state index >= 15 is 0 Å². The maximum absolute atomic E-state index is 11.5. The number of carboxylic acid groups (broad SMARTS) is 1. The summed E-state index contributed by atoms with van der Waals surface area (Å²) in [5.74, 6) is -2.28. The highest BCUT2D eigenvalue weighted by Crippen LogP contribution is 2.25. The predicted molar refractivity (Wildman–Crippen MR) is 69.9 cm³/mol. The molecule has 1 atom stereocenters. The van der Waals surface area contributed by atoms with Crippen molar-refractivity contribution in [3.8, 4) is 5.75 Å². The van der Waals surface area contributed by atoms with Gasteiger partial charge in [-0.3, -0.25) is 14.9 Å². The van der Waals surface area contributed by atoms with Gasteiger partial charge in [0.1, 0.15) is 0 Å². The maximum Gasteiger partial charge on any atom is 0.337 e. The zero-order valence-corrected chi connectivity index (χ0v) is 11.1. The molecule has 0 fully saturated rings. The number of hydrogen-bond donors (Lipinski definition) is 3. The Kier molecular flexibility index (Phi) is 5.19. The minimum absolute atomic E-state index is 0.0809. The Labute approximate surface area is 119 Å². The first-order valence-electron chi connectivity index (χ1n) is 5.83. The van der Waals surface area contributed by atoms with Gasteiger partial charge >= 0.3 is 11.7 Å². The lowest BCUT2D eigenvalue weighted by Gasteiger charge is -2.18. The third kappa shape index (κ3) is 4.73. The highest BCUT2D eigenvalue weighted by Gasteiger charge is 2.30. The van der Waals surface area contributed by atoms with Crippen LogP contribution in [0.3, 0.4) is 0 Å². The maximum atomic E-state index is 11.5. The van der Waals surface area contributed by atoms with Crippen LogP contribution in [0.1, 0.15) is 6.92 Å². The summed E-state index contributed by atoms with van der Waals surface area (Å²) in [6.07, 6.45) is 0. The van der Waals surface area contributed by atoms with Crippen molar-refractivity contribution >= 4 is 17.6 Å². The Morgan fingerprint density at radius 2 is 2.05 bits per heavy atom. The van der Waals surface area contributed by atoms with Gasteiger partial charge < -0.3 is 20.3 Å². The van der Waals surface area contributed by atoms with Gasteiger partial charge in [0.25, 0.3) is 5.91 Å². The molecular weight excluding hydrogens is 284 g/mol. The second-order valence-corrected chi connectivity index (χ2v) is 4.37. The van der Waals surface area contributed by atoms with Crippen LogP contribution < -0.4 is 10.1 Å². The van der Waals surface area contributed by atoms with Crippen molar-refractivity contribution in [3.05, 3.63) is 34.4 Å². The van der Waals surface area contributed by atoms with Gasteiger partial charge in [0.05, 0.1) is 11.5 Å². The summed E-state index contributed by atoms with van der Waals surface area (Å²) in [6, 6.07) is 5.52. The van der Waals surface area contributed by atoms with Crippen LogP contribution in [0.2, 0.25) is 0 Å². The minimum atomic E-state index is -2.10. The first kappa shape index (κ1) is 16.4. The van der Waals surface area contributed by atoms with Gasteiger partial charge in [-0.15, -0.1) is 0 Å². The lowest BCUT2D eigenvalue weighted by atomic mass is 10.1. The average molecular weight is 298 g/mol. The molecule has 0 aromatic heterocycles. The number of aliphatic hydroxyl groups is 1. The molecule has 0 aliphatic carbocycles. The first-order chi connectivity index (χ1) is 9.74. The van der Waals surface area contributed by atoms with Crippen molar-refractivity contribution in [2.45, 2.75) is 12.5 Å². The number of para-hydroxylation sites is 2. The van der Waals surface area contributed by atoms with Crippen LogP contribution in [-0.2, 0) is 9.59 Å². The Bertz CT molecular complexity index is 556. The molecule has 9 heteroatoms. The molecule has 0 radical (unpaired) electrons. The number of nitro groups is 1. The number of nitrogens with one attached hydrogen (secondary N) is 1. The molecule has 1 aromatic rings. The molecule has 1 unspecified atom stereocenters. The molecule has 1 rings (SSSR count). The molecule has 0 bridgehead atoms. The highest BCUT2D eigenvalue weighted by molar-refractivity contribution is 5.81. The van der Waals surface area contributed by atoms with Gasteiger partial charge in [0.15, 0.2) is 18.0 Å². The van der Waals surface area contributed by atoms with Crippen molar-refractivity contribution in [2.75, 3.05) is 13.2 Å². The molecule has 0 saturated heterocycles. The number of carbonyl (C=O) groups is 2. The Hall–Kier alpha value is -2.68. The smallest absolute Gasteiger partial charge is 0.337 e. The number of ether oxygens (including phenoxy) is 1. The number of hydrogen-bond acceptors (Lipinski definition) is 6. The lowest BCUT2D eigenvalue weighted by Crippen LogP contribution is -2.47. The Morgan fingerprint density at radius 1 is 1.43 bits per heavy atom. The molecule has 0 heterocycles. The zero-order chi connectivity index (χ0) is 16.0. The summed E-state index contributed by atoms with van der Waals surface area (Å²) in [4.78, 5) is 32.2. The Balaban J connectivity index is 2.55. The number of benzene rings is 1. The number of carbonyl (C=O) groups excluding carboxylic acids is 1. The quantitative estimate of drug-likeness (QED) is 0.472. The van der Waals surface area contributed by atoms with Crippen LogP contribution in [0.4, 0.5) is 5.69 Å². The topological polar surface area (TPSA) is 139 Å². The van der Waals surface area contributed by atoms with Crippen molar-refractivity contribution in [2.24, 2.45) is 0 Å².